The molecule has 1 fully saturated rings. The van der Waals surface area contributed by atoms with E-state index in [4.69, 9.17) is 9.26 Å². The van der Waals surface area contributed by atoms with Gasteiger partial charge < -0.3 is 19.1 Å². The van der Waals surface area contributed by atoms with Crippen molar-refractivity contribution >= 4 is 24.2 Å². The van der Waals surface area contributed by atoms with Crippen molar-refractivity contribution < 1.29 is 9.26 Å². The maximum Gasteiger partial charge on any atom is 0.237 e. The molecule has 138 valence electrons. The average molecular weight is 387 g/mol. The first-order valence-corrected chi connectivity index (χ1v) is 8.98. The van der Waals surface area contributed by atoms with Crippen LogP contribution in [-0.4, -0.2) is 45.1 Å². The Morgan fingerprint density at radius 3 is 2.92 bits per heavy atom. The Morgan fingerprint density at radius 1 is 1.40 bits per heavy atom. The van der Waals surface area contributed by atoms with Crippen LogP contribution in [0.5, 0.6) is 0 Å². The summed E-state index contributed by atoms with van der Waals surface area (Å²) in [6.07, 6.45) is 4.05. The van der Waals surface area contributed by atoms with Gasteiger partial charge in [-0.25, -0.2) is 0 Å². The second-order valence-electron chi connectivity index (χ2n) is 5.59. The van der Waals surface area contributed by atoms with Gasteiger partial charge in [-0.15, -0.1) is 29.2 Å². The lowest BCUT2D eigenvalue weighted by atomic mass is 9.97. The van der Waals surface area contributed by atoms with Crippen molar-refractivity contribution in [3.8, 4) is 0 Å². The highest BCUT2D eigenvalue weighted by Gasteiger charge is 2.23. The number of hydrogen-bond donors (Lipinski definition) is 1. The van der Waals surface area contributed by atoms with Crippen molar-refractivity contribution in [2.75, 3.05) is 20.2 Å². The molecular formula is C15H23ClN6O2S. The normalized spacial score (nSPS) is 15.1. The quantitative estimate of drug-likeness (QED) is 0.545. The monoisotopic (exact) mass is 386 g/mol. The van der Waals surface area contributed by atoms with Gasteiger partial charge in [0.1, 0.15) is 12.4 Å². The van der Waals surface area contributed by atoms with Gasteiger partial charge in [0.05, 0.1) is 5.75 Å². The maximum atomic E-state index is 5.21. The molecule has 2 aromatic rings. The summed E-state index contributed by atoms with van der Waals surface area (Å²) in [6, 6.07) is 0. The Labute approximate surface area is 157 Å². The molecule has 0 saturated carbocycles. The number of aromatic nitrogens is 5. The van der Waals surface area contributed by atoms with E-state index in [1.165, 1.54) is 0 Å². The molecule has 1 saturated heterocycles. The molecule has 25 heavy (non-hydrogen) atoms. The molecule has 3 heterocycles. The Bertz CT molecular complexity index is 671. The lowest BCUT2D eigenvalue weighted by Crippen LogP contribution is -2.28. The van der Waals surface area contributed by atoms with Crippen LogP contribution in [-0.2, 0) is 23.6 Å². The van der Waals surface area contributed by atoms with E-state index in [0.29, 0.717) is 36.5 Å². The number of methoxy groups -OCH3 is 1. The first kappa shape index (κ1) is 19.9. The largest absolute Gasteiger partial charge is 0.377 e. The third kappa shape index (κ3) is 5.04. The number of nitrogens with one attached hydrogen (secondary N) is 1. The van der Waals surface area contributed by atoms with Crippen molar-refractivity contribution in [1.29, 1.82) is 0 Å². The van der Waals surface area contributed by atoms with Gasteiger partial charge in [0.25, 0.3) is 0 Å². The number of ether oxygens (including phenoxy) is 1. The molecule has 0 radical (unpaired) electrons. The third-order valence-corrected chi connectivity index (χ3v) is 4.82. The van der Waals surface area contributed by atoms with Gasteiger partial charge in [-0.05, 0) is 25.9 Å². The fourth-order valence-corrected chi connectivity index (χ4v) is 3.54. The average Bonchev–Trinajstić information content (AvgIpc) is 3.22. The van der Waals surface area contributed by atoms with Crippen LogP contribution in [0.2, 0.25) is 0 Å². The van der Waals surface area contributed by atoms with Gasteiger partial charge in [-0.2, -0.15) is 4.98 Å². The summed E-state index contributed by atoms with van der Waals surface area (Å²) in [6.45, 7) is 6.95. The molecule has 0 amide bonds. The van der Waals surface area contributed by atoms with Crippen LogP contribution >= 0.6 is 24.2 Å². The molecule has 0 aromatic carbocycles. The predicted octanol–water partition coefficient (Wildman–Crippen LogP) is 2.17. The first-order chi connectivity index (χ1) is 11.8. The highest BCUT2D eigenvalue weighted by atomic mass is 35.5. The fraction of sp³-hybridized carbons (Fsp3) is 0.600. The Balaban J connectivity index is 0.00000225. The van der Waals surface area contributed by atoms with E-state index in [1.54, 1.807) is 18.9 Å². The van der Waals surface area contributed by atoms with Gasteiger partial charge in [0, 0.05) is 19.6 Å². The molecule has 1 aliphatic heterocycles. The Hall–Kier alpha value is -1.42. The van der Waals surface area contributed by atoms with Gasteiger partial charge in [0.15, 0.2) is 11.0 Å². The zero-order valence-electron chi connectivity index (χ0n) is 14.2. The molecule has 0 atom stereocenters. The van der Waals surface area contributed by atoms with Crippen LogP contribution < -0.4 is 5.32 Å². The highest BCUT2D eigenvalue weighted by molar-refractivity contribution is 7.98. The fourth-order valence-electron chi connectivity index (χ4n) is 2.75. The van der Waals surface area contributed by atoms with E-state index in [2.05, 4.69) is 36.8 Å². The van der Waals surface area contributed by atoms with Crippen LogP contribution in [0.25, 0.3) is 0 Å². The van der Waals surface area contributed by atoms with Crippen LogP contribution in [0.4, 0.5) is 0 Å². The zero-order valence-corrected chi connectivity index (χ0v) is 15.8. The summed E-state index contributed by atoms with van der Waals surface area (Å²) in [4.78, 5) is 4.28. The number of halogens is 1. The number of hydrogen-bond acceptors (Lipinski definition) is 8. The zero-order chi connectivity index (χ0) is 16.8. The molecule has 10 heteroatoms. The SMILES string of the molecule is C=CCn1c(SCc2nc(COC)no2)nnc1C1CCNCC1.Cl. The van der Waals surface area contributed by atoms with Crippen LogP contribution in [0.3, 0.4) is 0 Å². The molecule has 0 unspecified atom stereocenters. The van der Waals surface area contributed by atoms with Gasteiger partial charge in [-0.1, -0.05) is 23.0 Å². The summed E-state index contributed by atoms with van der Waals surface area (Å²) in [5, 5.41) is 16.9. The van der Waals surface area contributed by atoms with E-state index in [-0.39, 0.29) is 12.4 Å². The van der Waals surface area contributed by atoms with Crippen molar-refractivity contribution in [3.63, 3.8) is 0 Å². The van der Waals surface area contributed by atoms with Crippen molar-refractivity contribution in [1.82, 2.24) is 30.2 Å². The summed E-state index contributed by atoms with van der Waals surface area (Å²) in [5.41, 5.74) is 0. The van der Waals surface area contributed by atoms with Crippen LogP contribution in [0.1, 0.15) is 36.3 Å². The molecule has 3 rings (SSSR count). The lowest BCUT2D eigenvalue weighted by molar-refractivity contribution is 0.174. The van der Waals surface area contributed by atoms with Crippen molar-refractivity contribution in [2.45, 2.75) is 42.8 Å². The second-order valence-corrected chi connectivity index (χ2v) is 6.53. The van der Waals surface area contributed by atoms with E-state index >= 15 is 0 Å². The summed E-state index contributed by atoms with van der Waals surface area (Å²) >= 11 is 1.55. The highest BCUT2D eigenvalue weighted by Crippen LogP contribution is 2.28. The van der Waals surface area contributed by atoms with E-state index in [9.17, 15) is 0 Å². The number of nitrogens with zero attached hydrogens (tertiary/aromatic N) is 5. The molecule has 8 nitrogen and oxygen atoms in total. The second kappa shape index (κ2) is 9.91. The van der Waals surface area contributed by atoms with Gasteiger partial charge in [0.2, 0.25) is 5.89 Å². The Morgan fingerprint density at radius 2 is 2.20 bits per heavy atom. The first-order valence-electron chi connectivity index (χ1n) is 7.99. The van der Waals surface area contributed by atoms with Crippen molar-refractivity contribution in [2.24, 2.45) is 0 Å². The van der Waals surface area contributed by atoms with Crippen molar-refractivity contribution in [3.05, 3.63) is 30.2 Å². The molecule has 0 bridgehead atoms. The smallest absolute Gasteiger partial charge is 0.237 e. The number of piperidine rings is 1. The minimum atomic E-state index is 0. The van der Waals surface area contributed by atoms with E-state index < -0.39 is 0 Å². The standard InChI is InChI=1S/C15H22N6O2S.ClH/c1-3-8-21-14(11-4-6-16-7-5-11)18-19-15(21)24-10-13-17-12(9-22-2)20-23-13;/h3,11,16H,1,4-10H2,2H3;1H. The lowest BCUT2D eigenvalue weighted by Gasteiger charge is -2.22. The molecule has 2 aromatic heterocycles. The topological polar surface area (TPSA) is 90.9 Å². The summed E-state index contributed by atoms with van der Waals surface area (Å²) in [5.74, 6) is 3.16. The van der Waals surface area contributed by atoms with Gasteiger partial charge in [-0.3, -0.25) is 0 Å². The van der Waals surface area contributed by atoms with E-state index in [1.807, 2.05) is 6.08 Å². The number of thioether (sulfide) groups is 1. The Kier molecular flexibility index (Phi) is 7.89. The van der Waals surface area contributed by atoms with Gasteiger partial charge >= 0.3 is 0 Å². The summed E-state index contributed by atoms with van der Waals surface area (Å²) in [7, 11) is 1.60. The minimum Gasteiger partial charge on any atom is -0.377 e. The summed E-state index contributed by atoms with van der Waals surface area (Å²) < 4.78 is 12.3. The van der Waals surface area contributed by atoms with Crippen LogP contribution in [0, 0.1) is 0 Å². The van der Waals surface area contributed by atoms with Crippen LogP contribution in [0.15, 0.2) is 22.3 Å². The molecule has 1 N–H and O–H groups in total. The molecule has 0 aliphatic carbocycles. The molecule has 1 aliphatic rings. The number of rotatable bonds is 8. The predicted molar refractivity (Wildman–Crippen MR) is 96.9 cm³/mol. The molecule has 0 spiro atoms. The maximum absolute atomic E-state index is 5.21. The number of allylic oxidation sites excluding steroid dienone is 1. The van der Waals surface area contributed by atoms with E-state index in [0.717, 1.165) is 36.9 Å². The minimum absolute atomic E-state index is 0. The molecular weight excluding hydrogens is 364 g/mol. The third-order valence-electron chi connectivity index (χ3n) is 3.87.